The van der Waals surface area contributed by atoms with E-state index in [4.69, 9.17) is 0 Å². The second-order valence-electron chi connectivity index (χ2n) is 5.89. The average Bonchev–Trinajstić information content (AvgIpc) is 2.54. The van der Waals surface area contributed by atoms with Crippen molar-refractivity contribution in [3.05, 3.63) is 41.7 Å². The maximum Gasteiger partial charge on any atom is 0.244 e. The van der Waals surface area contributed by atoms with Gasteiger partial charge in [0, 0.05) is 18.2 Å². The second-order valence-corrected chi connectivity index (χ2v) is 5.89. The number of nitrogens with zero attached hydrogens (tertiary/aromatic N) is 1. The van der Waals surface area contributed by atoms with Gasteiger partial charge in [-0.25, -0.2) is 4.39 Å². The molecule has 1 aliphatic rings. The van der Waals surface area contributed by atoms with Crippen LogP contribution < -0.4 is 5.32 Å². The lowest BCUT2D eigenvalue weighted by Gasteiger charge is -2.31. The molecular formula is C18H25FN2O. The molecule has 4 heteroatoms. The van der Waals surface area contributed by atoms with Crippen molar-refractivity contribution >= 4 is 12.0 Å². The number of likely N-dealkylation sites (tertiary alicyclic amines) is 1. The molecule has 1 amide bonds. The van der Waals surface area contributed by atoms with Crippen LogP contribution in [-0.4, -0.2) is 37.0 Å². The first kappa shape index (κ1) is 16.7. The Kier molecular flexibility index (Phi) is 6.59. The van der Waals surface area contributed by atoms with Gasteiger partial charge in [-0.3, -0.25) is 4.79 Å². The van der Waals surface area contributed by atoms with E-state index >= 15 is 0 Å². The van der Waals surface area contributed by atoms with Gasteiger partial charge in [-0.1, -0.05) is 25.1 Å². The Balaban J connectivity index is 1.71. The summed E-state index contributed by atoms with van der Waals surface area (Å²) < 4.78 is 13.4. The Morgan fingerprint density at radius 1 is 1.36 bits per heavy atom. The first-order chi connectivity index (χ1) is 10.7. The maximum absolute atomic E-state index is 13.4. The largest absolute Gasteiger partial charge is 0.352 e. The third-order valence-corrected chi connectivity index (χ3v) is 4.13. The molecule has 22 heavy (non-hydrogen) atoms. The van der Waals surface area contributed by atoms with Crippen LogP contribution in [0.15, 0.2) is 30.3 Å². The highest BCUT2D eigenvalue weighted by Gasteiger charge is 2.18. The molecule has 3 nitrogen and oxygen atoms in total. The number of nitrogens with one attached hydrogen (secondary N) is 1. The number of carbonyl (C=O) groups excluding carboxylic acids is 1. The van der Waals surface area contributed by atoms with E-state index < -0.39 is 0 Å². The minimum Gasteiger partial charge on any atom is -0.352 e. The van der Waals surface area contributed by atoms with Gasteiger partial charge in [-0.05, 0) is 57.0 Å². The van der Waals surface area contributed by atoms with Crippen LogP contribution in [0, 0.1) is 11.7 Å². The minimum absolute atomic E-state index is 0.153. The molecule has 0 bridgehead atoms. The van der Waals surface area contributed by atoms with E-state index in [-0.39, 0.29) is 11.7 Å². The zero-order chi connectivity index (χ0) is 15.8. The molecule has 0 saturated carbocycles. The Labute approximate surface area is 132 Å². The molecule has 1 fully saturated rings. The van der Waals surface area contributed by atoms with Crippen LogP contribution in [0.25, 0.3) is 6.08 Å². The van der Waals surface area contributed by atoms with Gasteiger partial charge in [0.2, 0.25) is 5.91 Å². The molecule has 0 atom stereocenters. The molecule has 1 aliphatic heterocycles. The van der Waals surface area contributed by atoms with Gasteiger partial charge in [0.1, 0.15) is 5.82 Å². The van der Waals surface area contributed by atoms with Crippen molar-refractivity contribution in [2.45, 2.75) is 26.2 Å². The van der Waals surface area contributed by atoms with Crippen molar-refractivity contribution in [1.82, 2.24) is 10.2 Å². The monoisotopic (exact) mass is 304 g/mol. The zero-order valence-corrected chi connectivity index (χ0v) is 13.2. The smallest absolute Gasteiger partial charge is 0.244 e. The molecule has 0 spiro atoms. The molecule has 120 valence electrons. The summed E-state index contributed by atoms with van der Waals surface area (Å²) in [6.45, 7) is 6.33. The van der Waals surface area contributed by atoms with E-state index in [1.54, 1.807) is 18.2 Å². The second kappa shape index (κ2) is 8.69. The number of halogens is 1. The number of hydrogen-bond donors (Lipinski definition) is 1. The molecule has 1 heterocycles. The lowest BCUT2D eigenvalue weighted by molar-refractivity contribution is -0.116. The summed E-state index contributed by atoms with van der Waals surface area (Å²) in [4.78, 5) is 14.3. The SMILES string of the molecule is CCCN1CCC(CNC(=O)/C=C\c2ccccc2F)CC1. The molecule has 1 aromatic rings. The molecule has 0 aromatic heterocycles. The minimum atomic E-state index is -0.310. The van der Waals surface area contributed by atoms with Crippen molar-refractivity contribution < 1.29 is 9.18 Å². The van der Waals surface area contributed by atoms with E-state index in [0.717, 1.165) is 25.9 Å². The zero-order valence-electron chi connectivity index (χ0n) is 13.2. The summed E-state index contributed by atoms with van der Waals surface area (Å²) in [5.41, 5.74) is 0.436. The summed E-state index contributed by atoms with van der Waals surface area (Å²) in [6.07, 6.45) is 6.40. The molecule has 1 saturated heterocycles. The van der Waals surface area contributed by atoms with Gasteiger partial charge in [-0.2, -0.15) is 0 Å². The van der Waals surface area contributed by atoms with Crippen molar-refractivity contribution in [3.8, 4) is 0 Å². The Morgan fingerprint density at radius 3 is 2.77 bits per heavy atom. The van der Waals surface area contributed by atoms with Crippen LogP contribution in [0.4, 0.5) is 4.39 Å². The highest BCUT2D eigenvalue weighted by atomic mass is 19.1. The molecule has 2 rings (SSSR count). The fourth-order valence-electron chi connectivity index (χ4n) is 2.81. The molecule has 0 aliphatic carbocycles. The Hall–Kier alpha value is -1.68. The number of carbonyl (C=O) groups is 1. The maximum atomic E-state index is 13.4. The third kappa shape index (κ3) is 5.26. The van der Waals surface area contributed by atoms with Crippen molar-refractivity contribution in [1.29, 1.82) is 0 Å². The lowest BCUT2D eigenvalue weighted by Crippen LogP contribution is -2.38. The van der Waals surface area contributed by atoms with E-state index in [2.05, 4.69) is 17.1 Å². The lowest BCUT2D eigenvalue weighted by atomic mass is 9.96. The fourth-order valence-corrected chi connectivity index (χ4v) is 2.81. The summed E-state index contributed by atoms with van der Waals surface area (Å²) in [7, 11) is 0. The van der Waals surface area contributed by atoms with Crippen LogP contribution in [0.1, 0.15) is 31.7 Å². The van der Waals surface area contributed by atoms with Crippen LogP contribution in [0.3, 0.4) is 0 Å². The van der Waals surface area contributed by atoms with Crippen LogP contribution >= 0.6 is 0 Å². The van der Waals surface area contributed by atoms with Crippen LogP contribution in [0.2, 0.25) is 0 Å². The molecule has 0 radical (unpaired) electrons. The highest BCUT2D eigenvalue weighted by molar-refractivity contribution is 5.91. The normalized spacial score (nSPS) is 17.0. The highest BCUT2D eigenvalue weighted by Crippen LogP contribution is 2.16. The summed E-state index contributed by atoms with van der Waals surface area (Å²) >= 11 is 0. The standard InChI is InChI=1S/C18H25FN2O/c1-2-11-21-12-9-15(10-13-21)14-20-18(22)8-7-16-5-3-4-6-17(16)19/h3-8,15H,2,9-14H2,1H3,(H,20,22)/b8-7-. The van der Waals surface area contributed by atoms with E-state index in [0.29, 0.717) is 18.0 Å². The van der Waals surface area contributed by atoms with Gasteiger partial charge < -0.3 is 10.2 Å². The van der Waals surface area contributed by atoms with Crippen molar-refractivity contribution in [2.75, 3.05) is 26.2 Å². The van der Waals surface area contributed by atoms with Crippen LogP contribution in [-0.2, 0) is 4.79 Å². The summed E-state index contributed by atoms with van der Waals surface area (Å²) in [6, 6.07) is 6.44. The topological polar surface area (TPSA) is 32.3 Å². The fraction of sp³-hybridized carbons (Fsp3) is 0.500. The van der Waals surface area contributed by atoms with Gasteiger partial charge >= 0.3 is 0 Å². The predicted molar refractivity (Wildman–Crippen MR) is 87.9 cm³/mol. The summed E-state index contributed by atoms with van der Waals surface area (Å²) in [5.74, 6) is 0.0907. The third-order valence-electron chi connectivity index (χ3n) is 4.13. The first-order valence-corrected chi connectivity index (χ1v) is 8.12. The quantitative estimate of drug-likeness (QED) is 0.819. The van der Waals surface area contributed by atoms with Crippen molar-refractivity contribution in [2.24, 2.45) is 5.92 Å². The Morgan fingerprint density at radius 2 is 2.09 bits per heavy atom. The number of benzene rings is 1. The van der Waals surface area contributed by atoms with E-state index in [9.17, 15) is 9.18 Å². The number of hydrogen-bond acceptors (Lipinski definition) is 2. The molecule has 1 aromatic carbocycles. The number of piperidine rings is 1. The first-order valence-electron chi connectivity index (χ1n) is 8.12. The molecular weight excluding hydrogens is 279 g/mol. The Bertz CT molecular complexity index is 508. The molecule has 0 unspecified atom stereocenters. The van der Waals surface area contributed by atoms with Gasteiger partial charge in [0.15, 0.2) is 0 Å². The van der Waals surface area contributed by atoms with Gasteiger partial charge in [-0.15, -0.1) is 0 Å². The predicted octanol–water partition coefficient (Wildman–Crippen LogP) is 3.08. The molecule has 1 N–H and O–H groups in total. The number of amides is 1. The van der Waals surface area contributed by atoms with E-state index in [1.807, 2.05) is 0 Å². The average molecular weight is 304 g/mol. The van der Waals surface area contributed by atoms with Gasteiger partial charge in [0.05, 0.1) is 0 Å². The van der Waals surface area contributed by atoms with Crippen LogP contribution in [0.5, 0.6) is 0 Å². The van der Waals surface area contributed by atoms with Crippen molar-refractivity contribution in [3.63, 3.8) is 0 Å². The van der Waals surface area contributed by atoms with Gasteiger partial charge in [0.25, 0.3) is 0 Å². The summed E-state index contributed by atoms with van der Waals surface area (Å²) in [5, 5.41) is 2.92. The number of rotatable bonds is 6. The van der Waals surface area contributed by atoms with E-state index in [1.165, 1.54) is 31.2 Å².